The lowest BCUT2D eigenvalue weighted by molar-refractivity contribution is -0.117. The second kappa shape index (κ2) is 7.13. The molecule has 4 nitrogen and oxygen atoms in total. The Hall–Kier alpha value is -1.39. The topological polar surface area (TPSA) is 58.4 Å². The first-order valence-corrected chi connectivity index (χ1v) is 6.37. The number of nitrogens with one attached hydrogen (secondary N) is 1. The fourth-order valence-electron chi connectivity index (χ4n) is 1.81. The summed E-state index contributed by atoms with van der Waals surface area (Å²) >= 11 is 0. The Balaban J connectivity index is 2.61. The van der Waals surface area contributed by atoms with Gasteiger partial charge in [-0.15, -0.1) is 0 Å². The zero-order valence-corrected chi connectivity index (χ0v) is 11.5. The van der Waals surface area contributed by atoms with Gasteiger partial charge < -0.3 is 11.1 Å². The Kier molecular flexibility index (Phi) is 5.82. The number of likely N-dealkylation sites (N-methyl/N-ethyl adjacent to an activating group) is 1. The van der Waals surface area contributed by atoms with Crippen LogP contribution in [0.4, 0.5) is 5.69 Å². The van der Waals surface area contributed by atoms with E-state index in [1.54, 1.807) is 0 Å². The van der Waals surface area contributed by atoms with Crippen molar-refractivity contribution in [2.75, 3.05) is 31.5 Å². The van der Waals surface area contributed by atoms with Crippen molar-refractivity contribution in [2.24, 2.45) is 5.73 Å². The molecule has 18 heavy (non-hydrogen) atoms. The molecule has 0 saturated carbocycles. The van der Waals surface area contributed by atoms with E-state index in [9.17, 15) is 4.79 Å². The summed E-state index contributed by atoms with van der Waals surface area (Å²) in [6, 6.07) is 5.92. The zero-order valence-electron chi connectivity index (χ0n) is 11.5. The van der Waals surface area contributed by atoms with Crippen LogP contribution < -0.4 is 11.1 Å². The summed E-state index contributed by atoms with van der Waals surface area (Å²) in [7, 11) is 0. The molecular weight excluding hydrogens is 226 g/mol. The minimum atomic E-state index is 0.0130. The van der Waals surface area contributed by atoms with E-state index in [2.05, 4.69) is 5.32 Å². The van der Waals surface area contributed by atoms with Crippen LogP contribution >= 0.6 is 0 Å². The van der Waals surface area contributed by atoms with Gasteiger partial charge in [0, 0.05) is 18.8 Å². The Morgan fingerprint density at radius 3 is 2.72 bits per heavy atom. The maximum Gasteiger partial charge on any atom is 0.238 e. The first-order valence-electron chi connectivity index (χ1n) is 6.37. The number of anilines is 1. The van der Waals surface area contributed by atoms with Crippen LogP contribution in [0, 0.1) is 13.8 Å². The second-order valence-corrected chi connectivity index (χ2v) is 4.45. The number of nitrogens with two attached hydrogens (primary N) is 1. The van der Waals surface area contributed by atoms with Crippen molar-refractivity contribution in [1.29, 1.82) is 0 Å². The summed E-state index contributed by atoms with van der Waals surface area (Å²) < 4.78 is 0. The van der Waals surface area contributed by atoms with Gasteiger partial charge >= 0.3 is 0 Å². The first kappa shape index (κ1) is 14.7. The predicted molar refractivity (Wildman–Crippen MR) is 75.7 cm³/mol. The lowest BCUT2D eigenvalue weighted by Crippen LogP contribution is -2.36. The van der Waals surface area contributed by atoms with Gasteiger partial charge in [-0.1, -0.05) is 19.1 Å². The lowest BCUT2D eigenvalue weighted by Gasteiger charge is -2.19. The number of hydrogen-bond acceptors (Lipinski definition) is 3. The SMILES string of the molecule is CCN(CCN)CC(=O)Nc1cccc(C)c1C. The van der Waals surface area contributed by atoms with Crippen molar-refractivity contribution in [3.05, 3.63) is 29.3 Å². The summed E-state index contributed by atoms with van der Waals surface area (Å²) in [5, 5.41) is 2.95. The monoisotopic (exact) mass is 249 g/mol. The standard InChI is InChI=1S/C14H23N3O/c1-4-17(9-8-15)10-14(18)16-13-7-5-6-11(2)12(13)3/h5-7H,4,8-10,15H2,1-3H3,(H,16,18). The van der Waals surface area contributed by atoms with E-state index in [1.807, 2.05) is 43.9 Å². The largest absolute Gasteiger partial charge is 0.329 e. The highest BCUT2D eigenvalue weighted by Gasteiger charge is 2.09. The molecular formula is C14H23N3O. The van der Waals surface area contributed by atoms with Crippen molar-refractivity contribution < 1.29 is 4.79 Å². The highest BCUT2D eigenvalue weighted by atomic mass is 16.2. The fraction of sp³-hybridized carbons (Fsp3) is 0.500. The lowest BCUT2D eigenvalue weighted by atomic mass is 10.1. The van der Waals surface area contributed by atoms with Gasteiger partial charge in [0.05, 0.1) is 6.54 Å². The molecule has 0 aliphatic carbocycles. The molecule has 0 aliphatic rings. The number of carbonyl (C=O) groups excluding carboxylic acids is 1. The van der Waals surface area contributed by atoms with Gasteiger partial charge in [-0.25, -0.2) is 0 Å². The van der Waals surface area contributed by atoms with E-state index >= 15 is 0 Å². The number of amides is 1. The van der Waals surface area contributed by atoms with Crippen LogP contribution in [0.3, 0.4) is 0 Å². The quantitative estimate of drug-likeness (QED) is 0.803. The number of aryl methyl sites for hydroxylation is 1. The van der Waals surface area contributed by atoms with Gasteiger partial charge in [-0.2, -0.15) is 0 Å². The molecule has 0 bridgehead atoms. The summed E-state index contributed by atoms with van der Waals surface area (Å²) in [5.74, 6) is 0.0130. The van der Waals surface area contributed by atoms with Gasteiger partial charge in [0.2, 0.25) is 5.91 Å². The Morgan fingerprint density at radius 2 is 2.11 bits per heavy atom. The molecule has 4 heteroatoms. The summed E-state index contributed by atoms with van der Waals surface area (Å²) in [4.78, 5) is 14.0. The highest BCUT2D eigenvalue weighted by Crippen LogP contribution is 2.17. The third kappa shape index (κ3) is 4.13. The summed E-state index contributed by atoms with van der Waals surface area (Å²) in [6.45, 7) is 8.63. The smallest absolute Gasteiger partial charge is 0.238 e. The third-order valence-electron chi connectivity index (χ3n) is 3.14. The molecule has 0 aliphatic heterocycles. The molecule has 3 N–H and O–H groups in total. The maximum absolute atomic E-state index is 11.9. The number of benzene rings is 1. The number of hydrogen-bond donors (Lipinski definition) is 2. The van der Waals surface area contributed by atoms with E-state index in [-0.39, 0.29) is 5.91 Å². The Morgan fingerprint density at radius 1 is 1.39 bits per heavy atom. The van der Waals surface area contributed by atoms with Crippen LogP contribution in [0.5, 0.6) is 0 Å². The van der Waals surface area contributed by atoms with Crippen LogP contribution in [0.15, 0.2) is 18.2 Å². The Labute approximate surface area is 109 Å². The van der Waals surface area contributed by atoms with Crippen LogP contribution in [-0.4, -0.2) is 37.0 Å². The molecule has 0 fully saturated rings. The molecule has 1 aromatic rings. The molecule has 0 spiro atoms. The highest BCUT2D eigenvalue weighted by molar-refractivity contribution is 5.93. The van der Waals surface area contributed by atoms with Crippen LogP contribution in [0.1, 0.15) is 18.1 Å². The van der Waals surface area contributed by atoms with Crippen molar-refractivity contribution in [3.63, 3.8) is 0 Å². The number of rotatable bonds is 6. The molecule has 1 rings (SSSR count). The second-order valence-electron chi connectivity index (χ2n) is 4.45. The van der Waals surface area contributed by atoms with Crippen LogP contribution in [0.2, 0.25) is 0 Å². The number of carbonyl (C=O) groups is 1. The van der Waals surface area contributed by atoms with Gasteiger partial charge in [0.25, 0.3) is 0 Å². The van der Waals surface area contributed by atoms with Crippen molar-refractivity contribution in [3.8, 4) is 0 Å². The molecule has 0 atom stereocenters. The average Bonchev–Trinajstić information content (AvgIpc) is 2.34. The van der Waals surface area contributed by atoms with E-state index in [4.69, 9.17) is 5.73 Å². The fourth-order valence-corrected chi connectivity index (χ4v) is 1.81. The predicted octanol–water partition coefficient (Wildman–Crippen LogP) is 1.52. The van der Waals surface area contributed by atoms with Gasteiger partial charge in [0.1, 0.15) is 0 Å². The van der Waals surface area contributed by atoms with Crippen molar-refractivity contribution in [2.45, 2.75) is 20.8 Å². The normalized spacial score (nSPS) is 10.7. The van der Waals surface area contributed by atoms with Gasteiger partial charge in [0.15, 0.2) is 0 Å². The molecule has 0 saturated heterocycles. The maximum atomic E-state index is 11.9. The van der Waals surface area contributed by atoms with Gasteiger partial charge in [-0.05, 0) is 37.6 Å². The van der Waals surface area contributed by atoms with E-state index in [1.165, 1.54) is 5.56 Å². The molecule has 0 unspecified atom stereocenters. The average molecular weight is 249 g/mol. The van der Waals surface area contributed by atoms with E-state index in [0.29, 0.717) is 13.1 Å². The van der Waals surface area contributed by atoms with Crippen LogP contribution in [-0.2, 0) is 4.79 Å². The minimum Gasteiger partial charge on any atom is -0.329 e. The molecule has 0 radical (unpaired) electrons. The molecule has 0 aromatic heterocycles. The Bertz CT molecular complexity index is 404. The van der Waals surface area contributed by atoms with Crippen molar-refractivity contribution >= 4 is 11.6 Å². The summed E-state index contributed by atoms with van der Waals surface area (Å²) in [5.41, 5.74) is 8.70. The number of nitrogens with zero attached hydrogens (tertiary/aromatic N) is 1. The van der Waals surface area contributed by atoms with Crippen molar-refractivity contribution in [1.82, 2.24) is 4.90 Å². The molecule has 1 aromatic carbocycles. The first-order chi connectivity index (χ1) is 8.58. The summed E-state index contributed by atoms with van der Waals surface area (Å²) in [6.07, 6.45) is 0. The minimum absolute atomic E-state index is 0.0130. The molecule has 1 amide bonds. The molecule has 100 valence electrons. The zero-order chi connectivity index (χ0) is 13.5. The van der Waals surface area contributed by atoms with Gasteiger partial charge in [-0.3, -0.25) is 9.69 Å². The van der Waals surface area contributed by atoms with Crippen LogP contribution in [0.25, 0.3) is 0 Å². The third-order valence-corrected chi connectivity index (χ3v) is 3.14. The van der Waals surface area contributed by atoms with E-state index in [0.717, 1.165) is 24.3 Å². The molecule has 0 heterocycles. The van der Waals surface area contributed by atoms with E-state index < -0.39 is 0 Å².